The molecule has 0 spiro atoms. The van der Waals surface area contributed by atoms with Crippen molar-refractivity contribution < 1.29 is 65.9 Å². The van der Waals surface area contributed by atoms with E-state index in [4.69, 9.17) is 5.11 Å². The second-order valence-corrected chi connectivity index (χ2v) is 4.30. The first kappa shape index (κ1) is 13.0. The fraction of sp³-hybridized carbons (Fsp3) is 0.143. The largest absolute Gasteiger partial charge is 1.00 e. The van der Waals surface area contributed by atoms with E-state index in [-0.39, 0.29) is 56.7 Å². The fourth-order valence-corrected chi connectivity index (χ4v) is 1.53. The van der Waals surface area contributed by atoms with Gasteiger partial charge in [-0.3, -0.25) is 0 Å². The van der Waals surface area contributed by atoms with Crippen LogP contribution in [0.3, 0.4) is 0 Å². The van der Waals surface area contributed by atoms with Crippen LogP contribution in [0.1, 0.15) is 0 Å². The number of rotatable bonds is 2. The average Bonchev–Trinajstić information content (AvgIpc) is 2.06. The molecule has 0 bridgehead atoms. The van der Waals surface area contributed by atoms with Crippen molar-refractivity contribution in [1.82, 2.24) is 0 Å². The van der Waals surface area contributed by atoms with Crippen molar-refractivity contribution >= 4 is 12.7 Å². The molecule has 1 unspecified atom stereocenters. The first-order valence-corrected chi connectivity index (χ1v) is 4.94. The molecule has 0 fully saturated rings. The van der Waals surface area contributed by atoms with E-state index < -0.39 is 13.7 Å². The topological polar surface area (TPSA) is 60.4 Å². The van der Waals surface area contributed by atoms with E-state index in [0.29, 0.717) is 0 Å². The van der Waals surface area contributed by atoms with Crippen LogP contribution in [0, 0.1) is 0 Å². The summed E-state index contributed by atoms with van der Waals surface area (Å²) in [4.78, 5) is 11.0. The minimum absolute atomic E-state index is 0. The molecule has 60 valence electrons. The average molecular weight is 210 g/mol. The summed E-state index contributed by atoms with van der Waals surface area (Å²) in [6.45, 7) is 0. The zero-order chi connectivity index (χ0) is 8.32. The van der Waals surface area contributed by atoms with E-state index in [1.54, 1.807) is 18.2 Å². The van der Waals surface area contributed by atoms with Gasteiger partial charge in [0.05, 0.1) is 13.7 Å². The third-order valence-electron chi connectivity index (χ3n) is 1.34. The molecule has 0 heterocycles. The van der Waals surface area contributed by atoms with Crippen LogP contribution in [0.4, 0.5) is 0 Å². The van der Waals surface area contributed by atoms with Crippen molar-refractivity contribution in [2.75, 3.05) is 6.35 Å². The van der Waals surface area contributed by atoms with E-state index >= 15 is 0 Å². The quantitative estimate of drug-likeness (QED) is 0.415. The minimum Gasteiger partial charge on any atom is -0.794 e. The van der Waals surface area contributed by atoms with Gasteiger partial charge in [-0.15, -0.1) is 0 Å². The second-order valence-electron chi connectivity index (χ2n) is 2.15. The molecule has 0 aliphatic carbocycles. The van der Waals surface area contributed by atoms with Gasteiger partial charge < -0.3 is 14.6 Å². The van der Waals surface area contributed by atoms with E-state index in [9.17, 15) is 9.46 Å². The Morgan fingerprint density at radius 1 is 1.33 bits per heavy atom. The van der Waals surface area contributed by atoms with Crippen LogP contribution in [-0.4, -0.2) is 11.5 Å². The van der Waals surface area contributed by atoms with Gasteiger partial charge in [0.1, 0.15) is 0 Å². The van der Waals surface area contributed by atoms with E-state index in [0.717, 1.165) is 0 Å². The molecule has 0 aliphatic rings. The molecular weight excluding hydrogens is 202 g/mol. The molecule has 5 heteroatoms. The fourth-order valence-electron chi connectivity index (χ4n) is 0.737. The standard InChI is InChI=1S/C7H9O3P.K/c8-6-11(9,10)7-4-2-1-3-5-7;/h1-5,8H,6H2,(H,9,10);/q;+1/p-1. The zero-order valence-corrected chi connectivity index (χ0v) is 10.8. The van der Waals surface area contributed by atoms with Crippen LogP contribution < -0.4 is 61.6 Å². The first-order valence-electron chi connectivity index (χ1n) is 3.13. The van der Waals surface area contributed by atoms with Gasteiger partial charge in [-0.1, -0.05) is 30.3 Å². The van der Waals surface area contributed by atoms with Crippen molar-refractivity contribution in [2.24, 2.45) is 0 Å². The van der Waals surface area contributed by atoms with Gasteiger partial charge in [-0.2, -0.15) is 0 Å². The van der Waals surface area contributed by atoms with Crippen LogP contribution in [0.25, 0.3) is 0 Å². The van der Waals surface area contributed by atoms with Crippen molar-refractivity contribution in [3.05, 3.63) is 30.3 Å². The first-order chi connectivity index (χ1) is 5.17. The predicted molar refractivity (Wildman–Crippen MR) is 40.8 cm³/mol. The smallest absolute Gasteiger partial charge is 0.794 e. The number of hydrogen-bond acceptors (Lipinski definition) is 3. The summed E-state index contributed by atoms with van der Waals surface area (Å²) in [7, 11) is -3.72. The normalized spacial score (nSPS) is 14.5. The molecule has 1 aromatic rings. The molecule has 0 amide bonds. The van der Waals surface area contributed by atoms with Gasteiger partial charge in [-0.25, -0.2) is 0 Å². The minimum atomic E-state index is -3.72. The Morgan fingerprint density at radius 2 is 1.83 bits per heavy atom. The molecule has 0 saturated carbocycles. The van der Waals surface area contributed by atoms with Crippen molar-refractivity contribution in [1.29, 1.82) is 0 Å². The molecule has 1 rings (SSSR count). The SMILES string of the molecule is O=P([O-])(CO)c1ccccc1.[K+]. The summed E-state index contributed by atoms with van der Waals surface area (Å²) in [5.41, 5.74) is 0. The van der Waals surface area contributed by atoms with Crippen LogP contribution in [-0.2, 0) is 4.57 Å². The summed E-state index contributed by atoms with van der Waals surface area (Å²) in [6.07, 6.45) is -0.809. The summed E-state index contributed by atoms with van der Waals surface area (Å²) < 4.78 is 11.0. The molecular formula is C7H8KO3P. The zero-order valence-electron chi connectivity index (χ0n) is 6.80. The molecule has 3 nitrogen and oxygen atoms in total. The molecule has 1 aromatic carbocycles. The Labute approximate surface area is 114 Å². The van der Waals surface area contributed by atoms with Gasteiger partial charge in [0, 0.05) is 5.30 Å². The van der Waals surface area contributed by atoms with Crippen LogP contribution in [0.5, 0.6) is 0 Å². The molecule has 1 N–H and O–H groups in total. The van der Waals surface area contributed by atoms with E-state index in [1.165, 1.54) is 12.1 Å². The molecule has 0 saturated heterocycles. The van der Waals surface area contributed by atoms with Gasteiger partial charge in [-0.05, 0) is 0 Å². The Balaban J connectivity index is 0.00000121. The Morgan fingerprint density at radius 3 is 2.25 bits per heavy atom. The van der Waals surface area contributed by atoms with E-state index in [2.05, 4.69) is 0 Å². The van der Waals surface area contributed by atoms with E-state index in [1.807, 2.05) is 0 Å². The number of benzene rings is 1. The maximum atomic E-state index is 11.0. The van der Waals surface area contributed by atoms with Crippen molar-refractivity contribution in [2.45, 2.75) is 0 Å². The van der Waals surface area contributed by atoms with Crippen molar-refractivity contribution in [3.8, 4) is 0 Å². The Hall–Kier alpha value is 1.01. The van der Waals surface area contributed by atoms with Crippen LogP contribution in [0.2, 0.25) is 0 Å². The van der Waals surface area contributed by atoms with Gasteiger partial charge in [0.25, 0.3) is 0 Å². The van der Waals surface area contributed by atoms with Crippen molar-refractivity contribution in [3.63, 3.8) is 0 Å². The molecule has 0 aromatic heterocycles. The van der Waals surface area contributed by atoms with Crippen LogP contribution >= 0.6 is 7.37 Å². The Kier molecular flexibility index (Phi) is 6.15. The Bertz CT molecular complexity index is 275. The second kappa shape index (κ2) is 5.68. The maximum Gasteiger partial charge on any atom is 1.00 e. The van der Waals surface area contributed by atoms with Crippen LogP contribution in [0.15, 0.2) is 30.3 Å². The summed E-state index contributed by atoms with van der Waals surface area (Å²) in [6, 6.07) is 7.89. The summed E-state index contributed by atoms with van der Waals surface area (Å²) in [5, 5.41) is 8.65. The third kappa shape index (κ3) is 3.40. The summed E-state index contributed by atoms with van der Waals surface area (Å²) >= 11 is 0. The molecule has 0 aliphatic heterocycles. The predicted octanol–water partition coefficient (Wildman–Crippen LogP) is -3.10. The van der Waals surface area contributed by atoms with Gasteiger partial charge in [0.15, 0.2) is 0 Å². The number of aliphatic hydroxyl groups excluding tert-OH is 1. The third-order valence-corrected chi connectivity index (χ3v) is 2.79. The molecule has 12 heavy (non-hydrogen) atoms. The molecule has 0 radical (unpaired) electrons. The number of aliphatic hydroxyl groups is 1. The number of hydrogen-bond donors (Lipinski definition) is 1. The monoisotopic (exact) mass is 210 g/mol. The van der Waals surface area contributed by atoms with Gasteiger partial charge in [0.2, 0.25) is 0 Å². The maximum absolute atomic E-state index is 11.0. The molecule has 1 atom stereocenters. The van der Waals surface area contributed by atoms with Gasteiger partial charge >= 0.3 is 51.4 Å². The summed E-state index contributed by atoms with van der Waals surface area (Å²) in [5.74, 6) is 0.